The molecule has 0 saturated carbocycles. The Bertz CT molecular complexity index is 447. The number of nitrogens with one attached hydrogen (secondary N) is 2. The second-order valence-electron chi connectivity index (χ2n) is 5.63. The molecule has 1 unspecified atom stereocenters. The molecule has 0 aliphatic rings. The van der Waals surface area contributed by atoms with E-state index in [4.69, 9.17) is 0 Å². The maximum atomic E-state index is 11.0. The van der Waals surface area contributed by atoms with E-state index in [2.05, 4.69) is 38.3 Å². The van der Waals surface area contributed by atoms with Crippen molar-refractivity contribution in [2.45, 2.75) is 46.6 Å². The molecular weight excluding hydrogens is 254 g/mol. The maximum absolute atomic E-state index is 11.0. The van der Waals surface area contributed by atoms with E-state index in [1.165, 1.54) is 0 Å². The van der Waals surface area contributed by atoms with Crippen LogP contribution in [0.1, 0.15) is 40.5 Å². The molecule has 0 spiro atoms. The van der Waals surface area contributed by atoms with Gasteiger partial charge in [-0.15, -0.1) is 0 Å². The van der Waals surface area contributed by atoms with Crippen LogP contribution in [-0.2, 0) is 0 Å². The van der Waals surface area contributed by atoms with Crippen LogP contribution in [0.3, 0.4) is 0 Å². The topological polar surface area (TPSA) is 67.2 Å². The van der Waals surface area contributed by atoms with E-state index in [0.717, 1.165) is 30.8 Å². The van der Waals surface area contributed by atoms with Crippen molar-refractivity contribution in [2.75, 3.05) is 17.2 Å². The van der Waals surface area contributed by atoms with Crippen molar-refractivity contribution in [3.8, 4) is 0 Å². The first-order valence-corrected chi connectivity index (χ1v) is 7.22. The highest BCUT2D eigenvalue weighted by molar-refractivity contribution is 5.63. The van der Waals surface area contributed by atoms with E-state index in [0.29, 0.717) is 5.92 Å². The summed E-state index contributed by atoms with van der Waals surface area (Å²) in [4.78, 5) is 10.6. The fourth-order valence-corrected chi connectivity index (χ4v) is 2.22. The molecule has 0 fully saturated rings. The lowest BCUT2D eigenvalue weighted by Gasteiger charge is -2.18. The molecule has 1 rings (SSSR count). The number of rotatable bonds is 8. The average Bonchev–Trinajstić information content (AvgIpc) is 2.34. The lowest BCUT2D eigenvalue weighted by Crippen LogP contribution is -2.17. The Hall–Kier alpha value is -1.78. The molecule has 1 atom stereocenters. The molecule has 20 heavy (non-hydrogen) atoms. The SMILES string of the molecule is CCCNc1cc(NC(C)CC(C)C)cc([N+](=O)[O-])c1. The Morgan fingerprint density at radius 3 is 2.40 bits per heavy atom. The maximum Gasteiger partial charge on any atom is 0.273 e. The normalized spacial score (nSPS) is 12.2. The lowest BCUT2D eigenvalue weighted by molar-refractivity contribution is -0.384. The summed E-state index contributed by atoms with van der Waals surface area (Å²) in [6.45, 7) is 9.30. The van der Waals surface area contributed by atoms with Crippen molar-refractivity contribution in [1.82, 2.24) is 0 Å². The van der Waals surface area contributed by atoms with Gasteiger partial charge in [-0.05, 0) is 31.7 Å². The predicted octanol–water partition coefficient (Wildman–Crippen LogP) is 4.26. The second-order valence-corrected chi connectivity index (χ2v) is 5.63. The molecule has 1 aromatic carbocycles. The number of nitro benzene ring substituents is 1. The molecule has 0 aliphatic heterocycles. The van der Waals surface area contributed by atoms with Crippen LogP contribution in [0.4, 0.5) is 17.1 Å². The molecule has 112 valence electrons. The van der Waals surface area contributed by atoms with Crippen LogP contribution in [0.5, 0.6) is 0 Å². The Labute approximate surface area is 120 Å². The standard InChI is InChI=1S/C15H25N3O2/c1-5-6-16-13-8-14(10-15(9-13)18(19)20)17-12(4)7-11(2)3/h8-12,16-17H,5-7H2,1-4H3. The molecule has 0 aromatic heterocycles. The van der Waals surface area contributed by atoms with Gasteiger partial charge in [0.2, 0.25) is 0 Å². The Balaban J connectivity index is 2.87. The van der Waals surface area contributed by atoms with E-state index in [1.54, 1.807) is 12.1 Å². The minimum Gasteiger partial charge on any atom is -0.385 e. The molecule has 2 N–H and O–H groups in total. The molecule has 0 aliphatic carbocycles. The highest BCUT2D eigenvalue weighted by Crippen LogP contribution is 2.25. The van der Waals surface area contributed by atoms with Gasteiger partial charge in [0.15, 0.2) is 0 Å². The van der Waals surface area contributed by atoms with Gasteiger partial charge in [0.1, 0.15) is 0 Å². The minimum atomic E-state index is -0.352. The fraction of sp³-hybridized carbons (Fsp3) is 0.600. The van der Waals surface area contributed by atoms with E-state index in [1.807, 2.05) is 6.07 Å². The number of nitro groups is 1. The van der Waals surface area contributed by atoms with Gasteiger partial charge in [0.25, 0.3) is 5.69 Å². The summed E-state index contributed by atoms with van der Waals surface area (Å²) in [5.41, 5.74) is 1.71. The predicted molar refractivity (Wildman–Crippen MR) is 84.4 cm³/mol. The smallest absolute Gasteiger partial charge is 0.273 e. The van der Waals surface area contributed by atoms with Crippen molar-refractivity contribution in [1.29, 1.82) is 0 Å². The molecular formula is C15H25N3O2. The third-order valence-corrected chi connectivity index (χ3v) is 2.95. The fourth-order valence-electron chi connectivity index (χ4n) is 2.22. The van der Waals surface area contributed by atoms with Gasteiger partial charge in [-0.25, -0.2) is 0 Å². The molecule has 5 heteroatoms. The minimum absolute atomic E-state index is 0.116. The van der Waals surface area contributed by atoms with Gasteiger partial charge in [-0.2, -0.15) is 0 Å². The van der Waals surface area contributed by atoms with E-state index in [-0.39, 0.29) is 16.7 Å². The first-order chi connectivity index (χ1) is 9.42. The first kappa shape index (κ1) is 16.3. The van der Waals surface area contributed by atoms with Crippen LogP contribution in [0.2, 0.25) is 0 Å². The van der Waals surface area contributed by atoms with Gasteiger partial charge in [0.05, 0.1) is 4.92 Å². The van der Waals surface area contributed by atoms with Gasteiger partial charge < -0.3 is 10.6 Å². The number of benzene rings is 1. The third kappa shape index (κ3) is 5.47. The van der Waals surface area contributed by atoms with Gasteiger partial charge in [-0.3, -0.25) is 10.1 Å². The van der Waals surface area contributed by atoms with Crippen molar-refractivity contribution in [3.05, 3.63) is 28.3 Å². The van der Waals surface area contributed by atoms with Crippen LogP contribution in [0, 0.1) is 16.0 Å². The highest BCUT2D eigenvalue weighted by atomic mass is 16.6. The number of hydrogen-bond donors (Lipinski definition) is 2. The Morgan fingerprint density at radius 2 is 1.85 bits per heavy atom. The molecule has 0 amide bonds. The zero-order chi connectivity index (χ0) is 15.1. The molecule has 1 aromatic rings. The largest absolute Gasteiger partial charge is 0.385 e. The summed E-state index contributed by atoms with van der Waals surface area (Å²) in [5.74, 6) is 0.592. The average molecular weight is 279 g/mol. The van der Waals surface area contributed by atoms with Crippen LogP contribution in [0.15, 0.2) is 18.2 Å². The summed E-state index contributed by atoms with van der Waals surface area (Å²) >= 11 is 0. The monoisotopic (exact) mass is 279 g/mol. The molecule has 0 saturated heterocycles. The zero-order valence-electron chi connectivity index (χ0n) is 12.8. The van der Waals surface area contributed by atoms with Crippen LogP contribution in [-0.4, -0.2) is 17.5 Å². The van der Waals surface area contributed by atoms with E-state index in [9.17, 15) is 10.1 Å². The zero-order valence-corrected chi connectivity index (χ0v) is 12.8. The summed E-state index contributed by atoms with van der Waals surface area (Å²) in [7, 11) is 0. The highest BCUT2D eigenvalue weighted by Gasteiger charge is 2.12. The van der Waals surface area contributed by atoms with Crippen molar-refractivity contribution in [2.24, 2.45) is 5.92 Å². The van der Waals surface area contributed by atoms with Crippen molar-refractivity contribution >= 4 is 17.1 Å². The quantitative estimate of drug-likeness (QED) is 0.551. The molecule has 0 radical (unpaired) electrons. The van der Waals surface area contributed by atoms with E-state index >= 15 is 0 Å². The number of nitrogens with zero attached hydrogens (tertiary/aromatic N) is 1. The molecule has 5 nitrogen and oxygen atoms in total. The number of anilines is 2. The number of hydrogen-bond acceptors (Lipinski definition) is 4. The third-order valence-electron chi connectivity index (χ3n) is 2.95. The Morgan fingerprint density at radius 1 is 1.20 bits per heavy atom. The van der Waals surface area contributed by atoms with Gasteiger partial charge in [-0.1, -0.05) is 20.8 Å². The summed E-state index contributed by atoms with van der Waals surface area (Å²) < 4.78 is 0. The van der Waals surface area contributed by atoms with Crippen LogP contribution >= 0.6 is 0 Å². The summed E-state index contributed by atoms with van der Waals surface area (Å²) in [6, 6.07) is 5.39. The van der Waals surface area contributed by atoms with Crippen LogP contribution < -0.4 is 10.6 Å². The summed E-state index contributed by atoms with van der Waals surface area (Å²) in [6.07, 6.45) is 2.01. The van der Waals surface area contributed by atoms with Crippen molar-refractivity contribution in [3.63, 3.8) is 0 Å². The van der Waals surface area contributed by atoms with Crippen molar-refractivity contribution < 1.29 is 4.92 Å². The van der Waals surface area contributed by atoms with Gasteiger partial charge >= 0.3 is 0 Å². The molecule has 0 heterocycles. The number of non-ortho nitro benzene ring substituents is 1. The van der Waals surface area contributed by atoms with E-state index < -0.39 is 0 Å². The van der Waals surface area contributed by atoms with Crippen LogP contribution in [0.25, 0.3) is 0 Å². The lowest BCUT2D eigenvalue weighted by atomic mass is 10.0. The van der Waals surface area contributed by atoms with Gasteiger partial charge in [0, 0.05) is 36.1 Å². The first-order valence-electron chi connectivity index (χ1n) is 7.22. The second kappa shape index (κ2) is 7.72. The molecule has 0 bridgehead atoms. The summed E-state index contributed by atoms with van der Waals surface area (Å²) in [5, 5.41) is 17.5. The Kier molecular flexibility index (Phi) is 6.28.